The summed E-state index contributed by atoms with van der Waals surface area (Å²) in [6, 6.07) is 12.5. The smallest absolute Gasteiger partial charge is 0.263 e. The molecule has 1 aliphatic heterocycles. The molecule has 2 heterocycles. The summed E-state index contributed by atoms with van der Waals surface area (Å²) >= 11 is 1.20. The van der Waals surface area contributed by atoms with Crippen LogP contribution >= 0.6 is 11.3 Å². The molecule has 1 aliphatic rings. The third kappa shape index (κ3) is 5.09. The number of amides is 1. The number of sulfonamides is 1. The van der Waals surface area contributed by atoms with E-state index in [0.29, 0.717) is 42.3 Å². The Kier molecular flexibility index (Phi) is 6.51. The largest absolute Gasteiger partial charge is 0.481 e. The first-order valence-corrected chi connectivity index (χ1v) is 11.4. The van der Waals surface area contributed by atoms with Crippen LogP contribution in [0.5, 0.6) is 5.75 Å². The Balaban J connectivity index is 1.54. The Morgan fingerprint density at radius 3 is 2.52 bits per heavy atom. The first kappa shape index (κ1) is 19.9. The van der Waals surface area contributed by atoms with Crippen molar-refractivity contribution >= 4 is 27.3 Å². The second-order valence-corrected chi connectivity index (χ2v) is 9.37. The number of hydrogen-bond donors (Lipinski definition) is 1. The first-order chi connectivity index (χ1) is 13.0. The molecule has 1 aromatic heterocycles. The van der Waals surface area contributed by atoms with Crippen molar-refractivity contribution < 1.29 is 17.9 Å². The zero-order chi connectivity index (χ0) is 19.3. The summed E-state index contributed by atoms with van der Waals surface area (Å²) in [6.45, 7) is 2.96. The molecule has 1 amide bonds. The highest BCUT2D eigenvalue weighted by atomic mass is 32.2. The van der Waals surface area contributed by atoms with E-state index < -0.39 is 16.1 Å². The van der Waals surface area contributed by atoms with Crippen molar-refractivity contribution in [2.45, 2.75) is 42.5 Å². The maximum absolute atomic E-state index is 12.8. The van der Waals surface area contributed by atoms with Crippen molar-refractivity contribution in [3.8, 4) is 5.75 Å². The van der Waals surface area contributed by atoms with Gasteiger partial charge < -0.3 is 9.64 Å². The number of hydrogen-bond acceptors (Lipinski definition) is 5. The van der Waals surface area contributed by atoms with E-state index >= 15 is 0 Å². The summed E-state index contributed by atoms with van der Waals surface area (Å²) in [6.07, 6.45) is 1.25. The minimum Gasteiger partial charge on any atom is -0.481 e. The standard InChI is InChI=1S/C19H24N2O4S2/c1-2-17(25-16-7-4-3-5-8-16)19(22)21-12-10-15(11-13-21)20-27(23,24)18-9-6-14-26-18/h3-9,14-15,17,20H,2,10-13H2,1H3. The molecule has 0 radical (unpaired) electrons. The van der Waals surface area contributed by atoms with E-state index in [-0.39, 0.29) is 11.9 Å². The van der Waals surface area contributed by atoms with Gasteiger partial charge in [-0.1, -0.05) is 31.2 Å². The van der Waals surface area contributed by atoms with Crippen LogP contribution in [0.25, 0.3) is 0 Å². The third-order valence-electron chi connectivity index (χ3n) is 4.56. The summed E-state index contributed by atoms with van der Waals surface area (Å²) < 4.78 is 33.6. The molecule has 8 heteroatoms. The Hall–Kier alpha value is -1.90. The topological polar surface area (TPSA) is 75.7 Å². The molecule has 0 bridgehead atoms. The molecular formula is C19H24N2O4S2. The molecule has 1 unspecified atom stereocenters. The number of piperidine rings is 1. The number of carbonyl (C=O) groups excluding carboxylic acids is 1. The fourth-order valence-electron chi connectivity index (χ4n) is 3.09. The highest BCUT2D eigenvalue weighted by molar-refractivity contribution is 7.91. The molecule has 0 saturated carbocycles. The maximum Gasteiger partial charge on any atom is 0.263 e. The number of thiophene rings is 1. The number of para-hydroxylation sites is 1. The Labute approximate surface area is 164 Å². The number of likely N-dealkylation sites (tertiary alicyclic amines) is 1. The first-order valence-electron chi connectivity index (χ1n) is 9.06. The van der Waals surface area contributed by atoms with Gasteiger partial charge in [-0.3, -0.25) is 4.79 Å². The van der Waals surface area contributed by atoms with Crippen LogP contribution < -0.4 is 9.46 Å². The quantitative estimate of drug-likeness (QED) is 0.764. The van der Waals surface area contributed by atoms with Gasteiger partial charge in [0.25, 0.3) is 5.91 Å². The molecule has 1 saturated heterocycles. The predicted octanol–water partition coefficient (Wildman–Crippen LogP) is 2.88. The van der Waals surface area contributed by atoms with Crippen LogP contribution in [0, 0.1) is 0 Å². The molecule has 1 N–H and O–H groups in total. The van der Waals surface area contributed by atoms with Crippen molar-refractivity contribution in [1.82, 2.24) is 9.62 Å². The molecule has 1 aromatic carbocycles. The Morgan fingerprint density at radius 2 is 1.93 bits per heavy atom. The summed E-state index contributed by atoms with van der Waals surface area (Å²) in [5.41, 5.74) is 0. The van der Waals surface area contributed by atoms with Crippen molar-refractivity contribution in [2.75, 3.05) is 13.1 Å². The minimum absolute atomic E-state index is 0.0408. The summed E-state index contributed by atoms with van der Waals surface area (Å²) in [5.74, 6) is 0.636. The van der Waals surface area contributed by atoms with Gasteiger partial charge in [0.2, 0.25) is 10.0 Å². The number of nitrogens with zero attached hydrogens (tertiary/aromatic N) is 1. The molecule has 2 aromatic rings. The third-order valence-corrected chi connectivity index (χ3v) is 7.47. The van der Waals surface area contributed by atoms with Crippen molar-refractivity contribution in [3.05, 3.63) is 47.8 Å². The lowest BCUT2D eigenvalue weighted by atomic mass is 10.1. The fraction of sp³-hybridized carbons (Fsp3) is 0.421. The van der Waals surface area contributed by atoms with E-state index in [4.69, 9.17) is 4.74 Å². The molecule has 27 heavy (non-hydrogen) atoms. The van der Waals surface area contributed by atoms with Crippen molar-refractivity contribution in [2.24, 2.45) is 0 Å². The lowest BCUT2D eigenvalue weighted by Gasteiger charge is -2.34. The van der Waals surface area contributed by atoms with E-state index in [1.54, 1.807) is 22.4 Å². The Bertz CT molecular complexity index is 830. The van der Waals surface area contributed by atoms with E-state index in [1.807, 2.05) is 37.3 Å². The van der Waals surface area contributed by atoms with Gasteiger partial charge in [-0.25, -0.2) is 13.1 Å². The molecule has 1 atom stereocenters. The molecule has 146 valence electrons. The highest BCUT2D eigenvalue weighted by Gasteiger charge is 2.30. The van der Waals surface area contributed by atoms with Crippen LogP contribution in [-0.4, -0.2) is 44.5 Å². The van der Waals surface area contributed by atoms with E-state index in [2.05, 4.69) is 4.72 Å². The fourth-order valence-corrected chi connectivity index (χ4v) is 5.40. The second-order valence-electron chi connectivity index (χ2n) is 6.48. The lowest BCUT2D eigenvalue weighted by Crippen LogP contribution is -2.50. The van der Waals surface area contributed by atoms with E-state index in [1.165, 1.54) is 11.3 Å². The van der Waals surface area contributed by atoms with Gasteiger partial charge in [-0.05, 0) is 42.8 Å². The van der Waals surface area contributed by atoms with Gasteiger partial charge in [0.1, 0.15) is 9.96 Å². The lowest BCUT2D eigenvalue weighted by molar-refractivity contribution is -0.140. The van der Waals surface area contributed by atoms with Crippen molar-refractivity contribution in [1.29, 1.82) is 0 Å². The van der Waals surface area contributed by atoms with Crippen LogP contribution in [0.3, 0.4) is 0 Å². The minimum atomic E-state index is -3.48. The summed E-state index contributed by atoms with van der Waals surface area (Å²) in [7, 11) is -3.48. The highest BCUT2D eigenvalue weighted by Crippen LogP contribution is 2.20. The number of nitrogens with one attached hydrogen (secondary N) is 1. The number of carbonyl (C=O) groups is 1. The van der Waals surface area contributed by atoms with Gasteiger partial charge in [-0.2, -0.15) is 0 Å². The maximum atomic E-state index is 12.8. The normalized spacial score (nSPS) is 16.9. The van der Waals surface area contributed by atoms with E-state index in [0.717, 1.165) is 0 Å². The van der Waals surface area contributed by atoms with Gasteiger partial charge in [-0.15, -0.1) is 11.3 Å². The Morgan fingerprint density at radius 1 is 1.22 bits per heavy atom. The molecule has 3 rings (SSSR count). The van der Waals surface area contributed by atoms with Gasteiger partial charge in [0, 0.05) is 19.1 Å². The number of rotatable bonds is 7. The van der Waals surface area contributed by atoms with Crippen LogP contribution in [-0.2, 0) is 14.8 Å². The molecular weight excluding hydrogens is 384 g/mol. The average Bonchev–Trinajstić information content (AvgIpc) is 3.23. The monoisotopic (exact) mass is 408 g/mol. The van der Waals surface area contributed by atoms with Crippen LogP contribution in [0.4, 0.5) is 0 Å². The molecule has 0 aliphatic carbocycles. The summed E-state index contributed by atoms with van der Waals surface area (Å²) in [4.78, 5) is 14.5. The molecule has 0 spiro atoms. The van der Waals surface area contributed by atoms with Crippen LogP contribution in [0.2, 0.25) is 0 Å². The van der Waals surface area contributed by atoms with Gasteiger partial charge >= 0.3 is 0 Å². The second kappa shape index (κ2) is 8.86. The molecule has 6 nitrogen and oxygen atoms in total. The average molecular weight is 409 g/mol. The van der Waals surface area contributed by atoms with Gasteiger partial charge in [0.15, 0.2) is 6.10 Å². The predicted molar refractivity (Wildman–Crippen MR) is 105 cm³/mol. The van der Waals surface area contributed by atoms with E-state index in [9.17, 15) is 13.2 Å². The number of ether oxygens (including phenoxy) is 1. The van der Waals surface area contributed by atoms with Crippen LogP contribution in [0.1, 0.15) is 26.2 Å². The van der Waals surface area contributed by atoms with Crippen molar-refractivity contribution in [3.63, 3.8) is 0 Å². The van der Waals surface area contributed by atoms with Crippen LogP contribution in [0.15, 0.2) is 52.1 Å². The van der Waals surface area contributed by atoms with Gasteiger partial charge in [0.05, 0.1) is 0 Å². The zero-order valence-electron chi connectivity index (χ0n) is 15.2. The zero-order valence-corrected chi connectivity index (χ0v) is 16.8. The molecule has 1 fully saturated rings. The number of benzene rings is 1. The SMILES string of the molecule is CCC(Oc1ccccc1)C(=O)N1CCC(NS(=O)(=O)c2cccs2)CC1. The summed E-state index contributed by atoms with van der Waals surface area (Å²) in [5, 5.41) is 1.74.